The molecule has 0 aromatic heterocycles. The zero-order valence-corrected chi connectivity index (χ0v) is 12.1. The molecule has 3 heteroatoms. The van der Waals surface area contributed by atoms with Crippen LogP contribution in [0.4, 0.5) is 0 Å². The average molecular weight is 270 g/mol. The molecule has 2 aromatic rings. The summed E-state index contributed by atoms with van der Waals surface area (Å²) in [6.45, 7) is 5.69. The SMILES string of the molecule is COc1ccc(CCN2CCNCC2)c2ccccc12. The zero-order valence-electron chi connectivity index (χ0n) is 12.1. The fraction of sp³-hybridized carbons (Fsp3) is 0.412. The molecule has 2 aromatic carbocycles. The second-order valence-corrected chi connectivity index (χ2v) is 5.31. The van der Waals surface area contributed by atoms with E-state index in [0.29, 0.717) is 0 Å². The topological polar surface area (TPSA) is 24.5 Å². The van der Waals surface area contributed by atoms with E-state index in [0.717, 1.165) is 44.9 Å². The van der Waals surface area contributed by atoms with Gasteiger partial charge in [-0.1, -0.05) is 30.3 Å². The summed E-state index contributed by atoms with van der Waals surface area (Å²) in [6, 6.07) is 12.8. The number of hydrogen-bond donors (Lipinski definition) is 1. The standard InChI is InChI=1S/C17H22N2O/c1-20-17-7-6-14(15-4-2-3-5-16(15)17)8-11-19-12-9-18-10-13-19/h2-7,18H,8-13H2,1H3. The van der Waals surface area contributed by atoms with Gasteiger partial charge < -0.3 is 15.0 Å². The van der Waals surface area contributed by atoms with Crippen LogP contribution >= 0.6 is 0 Å². The summed E-state index contributed by atoms with van der Waals surface area (Å²) >= 11 is 0. The predicted molar refractivity (Wildman–Crippen MR) is 83.5 cm³/mol. The largest absolute Gasteiger partial charge is 0.496 e. The molecule has 0 atom stereocenters. The van der Waals surface area contributed by atoms with Gasteiger partial charge in [0.25, 0.3) is 0 Å². The number of nitrogens with zero attached hydrogens (tertiary/aromatic N) is 1. The quantitative estimate of drug-likeness (QED) is 0.922. The zero-order chi connectivity index (χ0) is 13.8. The third kappa shape index (κ3) is 2.79. The van der Waals surface area contributed by atoms with Crippen molar-refractivity contribution in [2.24, 2.45) is 0 Å². The molecular weight excluding hydrogens is 248 g/mol. The summed E-state index contributed by atoms with van der Waals surface area (Å²) < 4.78 is 5.46. The van der Waals surface area contributed by atoms with E-state index in [1.165, 1.54) is 16.3 Å². The highest BCUT2D eigenvalue weighted by Crippen LogP contribution is 2.28. The van der Waals surface area contributed by atoms with Gasteiger partial charge in [-0.05, 0) is 23.4 Å². The van der Waals surface area contributed by atoms with Crippen molar-refractivity contribution in [3.63, 3.8) is 0 Å². The lowest BCUT2D eigenvalue weighted by molar-refractivity contribution is 0.244. The molecule has 20 heavy (non-hydrogen) atoms. The van der Waals surface area contributed by atoms with Crippen LogP contribution in [0.25, 0.3) is 10.8 Å². The van der Waals surface area contributed by atoms with Crippen molar-refractivity contribution < 1.29 is 4.74 Å². The molecule has 1 fully saturated rings. The van der Waals surface area contributed by atoms with Gasteiger partial charge in [-0.3, -0.25) is 0 Å². The van der Waals surface area contributed by atoms with E-state index in [1.807, 2.05) is 0 Å². The van der Waals surface area contributed by atoms with Gasteiger partial charge >= 0.3 is 0 Å². The first-order valence-electron chi connectivity index (χ1n) is 7.36. The Morgan fingerprint density at radius 3 is 2.55 bits per heavy atom. The van der Waals surface area contributed by atoms with Gasteiger partial charge in [0, 0.05) is 38.1 Å². The smallest absolute Gasteiger partial charge is 0.126 e. The highest BCUT2D eigenvalue weighted by molar-refractivity contribution is 5.91. The van der Waals surface area contributed by atoms with Crippen LogP contribution in [0, 0.1) is 0 Å². The molecular formula is C17H22N2O. The van der Waals surface area contributed by atoms with Crippen molar-refractivity contribution in [2.45, 2.75) is 6.42 Å². The van der Waals surface area contributed by atoms with E-state index in [-0.39, 0.29) is 0 Å². The van der Waals surface area contributed by atoms with Crippen molar-refractivity contribution in [3.05, 3.63) is 42.0 Å². The number of ether oxygens (including phenoxy) is 1. The van der Waals surface area contributed by atoms with Gasteiger partial charge in [0.05, 0.1) is 7.11 Å². The fourth-order valence-corrected chi connectivity index (χ4v) is 2.94. The average Bonchev–Trinajstić information content (AvgIpc) is 2.53. The maximum atomic E-state index is 5.46. The second-order valence-electron chi connectivity index (χ2n) is 5.31. The minimum Gasteiger partial charge on any atom is -0.496 e. The Morgan fingerprint density at radius 2 is 1.80 bits per heavy atom. The lowest BCUT2D eigenvalue weighted by Gasteiger charge is -2.27. The van der Waals surface area contributed by atoms with Crippen LogP contribution in [0.1, 0.15) is 5.56 Å². The van der Waals surface area contributed by atoms with Gasteiger partial charge in [-0.2, -0.15) is 0 Å². The predicted octanol–water partition coefficient (Wildman–Crippen LogP) is 2.30. The van der Waals surface area contributed by atoms with Crippen LogP contribution in [0.15, 0.2) is 36.4 Å². The Balaban J connectivity index is 1.80. The number of benzene rings is 2. The maximum Gasteiger partial charge on any atom is 0.126 e. The highest BCUT2D eigenvalue weighted by atomic mass is 16.5. The van der Waals surface area contributed by atoms with Gasteiger partial charge in [0.15, 0.2) is 0 Å². The van der Waals surface area contributed by atoms with Crippen LogP contribution in [-0.2, 0) is 6.42 Å². The first-order chi connectivity index (χ1) is 9.88. The van der Waals surface area contributed by atoms with Gasteiger partial charge in [-0.25, -0.2) is 0 Å². The van der Waals surface area contributed by atoms with Crippen LogP contribution in [0.2, 0.25) is 0 Å². The Bertz CT molecular complexity index is 576. The monoisotopic (exact) mass is 270 g/mol. The van der Waals surface area contributed by atoms with Crippen molar-refractivity contribution >= 4 is 10.8 Å². The number of hydrogen-bond acceptors (Lipinski definition) is 3. The highest BCUT2D eigenvalue weighted by Gasteiger charge is 2.11. The lowest BCUT2D eigenvalue weighted by atomic mass is 10.0. The molecule has 106 valence electrons. The number of nitrogens with one attached hydrogen (secondary N) is 1. The van der Waals surface area contributed by atoms with Crippen LogP contribution in [-0.4, -0.2) is 44.7 Å². The summed E-state index contributed by atoms with van der Waals surface area (Å²) in [5, 5.41) is 5.94. The molecule has 0 amide bonds. The van der Waals surface area contributed by atoms with Gasteiger partial charge in [0.1, 0.15) is 5.75 Å². The molecule has 1 saturated heterocycles. The Kier molecular flexibility index (Phi) is 4.19. The molecule has 1 heterocycles. The van der Waals surface area contributed by atoms with Gasteiger partial charge in [0.2, 0.25) is 0 Å². The van der Waals surface area contributed by atoms with Crippen molar-refractivity contribution in [2.75, 3.05) is 39.8 Å². The minimum atomic E-state index is 0.964. The van der Waals surface area contributed by atoms with Crippen LogP contribution < -0.4 is 10.1 Å². The summed E-state index contributed by atoms with van der Waals surface area (Å²) in [6.07, 6.45) is 1.10. The number of fused-ring (bicyclic) bond motifs is 1. The van der Waals surface area contributed by atoms with Crippen molar-refractivity contribution in [1.82, 2.24) is 10.2 Å². The van der Waals surface area contributed by atoms with Crippen molar-refractivity contribution in [3.8, 4) is 5.75 Å². The number of rotatable bonds is 4. The number of piperazine rings is 1. The summed E-state index contributed by atoms with van der Waals surface area (Å²) in [5.41, 5.74) is 1.42. The molecule has 0 unspecified atom stereocenters. The summed E-state index contributed by atoms with van der Waals surface area (Å²) in [7, 11) is 1.74. The van der Waals surface area contributed by atoms with E-state index >= 15 is 0 Å². The lowest BCUT2D eigenvalue weighted by Crippen LogP contribution is -2.44. The summed E-state index contributed by atoms with van der Waals surface area (Å²) in [5.74, 6) is 0.964. The van der Waals surface area contributed by atoms with Gasteiger partial charge in [-0.15, -0.1) is 0 Å². The van der Waals surface area contributed by atoms with E-state index in [4.69, 9.17) is 4.74 Å². The Morgan fingerprint density at radius 1 is 1.05 bits per heavy atom. The molecule has 0 radical (unpaired) electrons. The maximum absolute atomic E-state index is 5.46. The molecule has 0 bridgehead atoms. The first-order valence-corrected chi connectivity index (χ1v) is 7.36. The molecule has 0 saturated carbocycles. The Hall–Kier alpha value is -1.58. The molecule has 0 spiro atoms. The Labute approximate surface area is 120 Å². The van der Waals surface area contributed by atoms with Crippen LogP contribution in [0.3, 0.4) is 0 Å². The van der Waals surface area contributed by atoms with E-state index < -0.39 is 0 Å². The van der Waals surface area contributed by atoms with Crippen molar-refractivity contribution in [1.29, 1.82) is 0 Å². The minimum absolute atomic E-state index is 0.964. The molecule has 1 N–H and O–H groups in total. The first kappa shape index (κ1) is 13.4. The van der Waals surface area contributed by atoms with E-state index in [9.17, 15) is 0 Å². The van der Waals surface area contributed by atoms with E-state index in [2.05, 4.69) is 46.6 Å². The van der Waals surface area contributed by atoms with Crippen LogP contribution in [0.5, 0.6) is 5.75 Å². The normalized spacial score (nSPS) is 16.4. The molecule has 0 aliphatic carbocycles. The molecule has 1 aliphatic heterocycles. The fourth-order valence-electron chi connectivity index (χ4n) is 2.94. The summed E-state index contributed by atoms with van der Waals surface area (Å²) in [4.78, 5) is 2.54. The molecule has 3 nitrogen and oxygen atoms in total. The molecule has 3 rings (SSSR count). The third-order valence-electron chi connectivity index (χ3n) is 4.10. The second kappa shape index (κ2) is 6.25. The molecule has 1 aliphatic rings. The third-order valence-corrected chi connectivity index (χ3v) is 4.10. The van der Waals surface area contributed by atoms with E-state index in [1.54, 1.807) is 7.11 Å². The number of methoxy groups -OCH3 is 1.